The quantitative estimate of drug-likeness (QED) is 0.892. The lowest BCUT2D eigenvalue weighted by atomic mass is 9.92. The molecule has 2 aromatic rings. The molecule has 1 aromatic heterocycles. The van der Waals surface area contributed by atoms with E-state index in [1.54, 1.807) is 22.9 Å². The van der Waals surface area contributed by atoms with Gasteiger partial charge in [0.1, 0.15) is 12.7 Å². The highest BCUT2D eigenvalue weighted by molar-refractivity contribution is 6.35. The minimum absolute atomic E-state index is 0.269. The topological polar surface area (TPSA) is 77.0 Å². The van der Waals surface area contributed by atoms with Crippen molar-refractivity contribution in [2.45, 2.75) is 12.1 Å². The average molecular weight is 287 g/mol. The van der Waals surface area contributed by atoms with Crippen molar-refractivity contribution in [3.63, 3.8) is 0 Å². The third kappa shape index (κ3) is 2.64. The fourth-order valence-corrected chi connectivity index (χ4v) is 2.31. The molecule has 1 heterocycles. The first-order valence-corrected chi connectivity index (χ1v) is 5.98. The van der Waals surface area contributed by atoms with E-state index in [0.717, 1.165) is 0 Å². The lowest BCUT2D eigenvalue weighted by Crippen LogP contribution is -2.45. The van der Waals surface area contributed by atoms with Gasteiger partial charge in [-0.05, 0) is 17.7 Å². The molecule has 0 saturated carbocycles. The molecule has 5 nitrogen and oxygen atoms in total. The van der Waals surface area contributed by atoms with Crippen LogP contribution in [0.3, 0.4) is 0 Å². The van der Waals surface area contributed by atoms with Crippen LogP contribution in [0.15, 0.2) is 30.9 Å². The maximum Gasteiger partial charge on any atom is 0.137 e. The molecule has 0 aliphatic heterocycles. The molecule has 1 atom stereocenters. The Hall–Kier alpha value is -1.14. The molecule has 0 amide bonds. The van der Waals surface area contributed by atoms with E-state index in [1.807, 2.05) is 0 Å². The van der Waals surface area contributed by atoms with Crippen LogP contribution in [0.25, 0.3) is 0 Å². The average Bonchev–Trinajstić information content (AvgIpc) is 2.81. The Bertz CT molecular complexity index is 532. The highest BCUT2D eigenvalue weighted by atomic mass is 35.5. The normalized spacial score (nSPS) is 14.4. The second-order valence-corrected chi connectivity index (χ2v) is 4.88. The highest BCUT2D eigenvalue weighted by Crippen LogP contribution is 2.29. The zero-order chi connectivity index (χ0) is 13.2. The molecule has 96 valence electrons. The van der Waals surface area contributed by atoms with Crippen LogP contribution in [0.2, 0.25) is 10.0 Å². The fourth-order valence-electron chi connectivity index (χ4n) is 1.72. The van der Waals surface area contributed by atoms with Crippen molar-refractivity contribution in [3.05, 3.63) is 46.5 Å². The van der Waals surface area contributed by atoms with Gasteiger partial charge in [0.05, 0.1) is 18.7 Å². The second kappa shape index (κ2) is 5.24. The second-order valence-electron chi connectivity index (χ2n) is 4.03. The minimum Gasteiger partial charge on any atom is -0.394 e. The van der Waals surface area contributed by atoms with Crippen LogP contribution in [0.1, 0.15) is 5.56 Å². The smallest absolute Gasteiger partial charge is 0.137 e. The molecule has 2 rings (SSSR count). The van der Waals surface area contributed by atoms with E-state index in [-0.39, 0.29) is 13.2 Å². The van der Waals surface area contributed by atoms with E-state index in [0.29, 0.717) is 15.6 Å². The third-order valence-electron chi connectivity index (χ3n) is 2.66. The molecule has 0 saturated heterocycles. The molecular weight excluding hydrogens is 275 g/mol. The predicted octanol–water partition coefficient (Wildman–Crippen LogP) is 1.43. The summed E-state index contributed by atoms with van der Waals surface area (Å²) in [6.45, 7) is -0.000928. The number of hydrogen-bond acceptors (Lipinski definition) is 4. The predicted molar refractivity (Wildman–Crippen MR) is 69.4 cm³/mol. The fraction of sp³-hybridized carbons (Fsp3) is 0.273. The van der Waals surface area contributed by atoms with Gasteiger partial charge in [0, 0.05) is 10.0 Å². The van der Waals surface area contributed by atoms with E-state index in [9.17, 15) is 5.11 Å². The lowest BCUT2D eigenvalue weighted by Gasteiger charge is -2.28. The Kier molecular flexibility index (Phi) is 3.87. The largest absolute Gasteiger partial charge is 0.394 e. The standard InChI is InChI=1S/C11H12Cl2N4O/c12-8-1-2-9(10(13)3-8)11(14,5-18)4-17-7-15-6-16-17/h1-3,6-7,18H,4-5,14H2. The van der Waals surface area contributed by atoms with Crippen molar-refractivity contribution in [2.24, 2.45) is 5.73 Å². The minimum atomic E-state index is -1.03. The molecule has 0 spiro atoms. The number of rotatable bonds is 4. The van der Waals surface area contributed by atoms with Crippen molar-refractivity contribution in [1.82, 2.24) is 14.8 Å². The number of aliphatic hydroxyl groups excluding tert-OH is 1. The maximum absolute atomic E-state index is 9.55. The molecule has 0 bridgehead atoms. The van der Waals surface area contributed by atoms with E-state index in [4.69, 9.17) is 28.9 Å². The molecule has 18 heavy (non-hydrogen) atoms. The molecule has 1 aromatic carbocycles. The van der Waals surface area contributed by atoms with Crippen LogP contribution < -0.4 is 5.73 Å². The van der Waals surface area contributed by atoms with Crippen molar-refractivity contribution in [3.8, 4) is 0 Å². The summed E-state index contributed by atoms with van der Waals surface area (Å²) < 4.78 is 1.54. The SMILES string of the molecule is NC(CO)(Cn1cncn1)c1ccc(Cl)cc1Cl. The van der Waals surface area contributed by atoms with Gasteiger partial charge >= 0.3 is 0 Å². The number of nitrogens with zero attached hydrogens (tertiary/aromatic N) is 3. The Morgan fingerprint density at radius 1 is 1.39 bits per heavy atom. The van der Waals surface area contributed by atoms with Gasteiger partial charge in [-0.1, -0.05) is 29.3 Å². The Balaban J connectivity index is 2.36. The number of benzene rings is 1. The summed E-state index contributed by atoms with van der Waals surface area (Å²) in [7, 11) is 0. The van der Waals surface area contributed by atoms with Gasteiger partial charge in [0.25, 0.3) is 0 Å². The molecule has 3 N–H and O–H groups in total. The first kappa shape index (κ1) is 13.3. The molecule has 0 radical (unpaired) electrons. The Morgan fingerprint density at radius 2 is 2.17 bits per heavy atom. The summed E-state index contributed by atoms with van der Waals surface area (Å²) in [6.07, 6.45) is 2.93. The van der Waals surface area contributed by atoms with Crippen molar-refractivity contribution in [1.29, 1.82) is 0 Å². The first-order chi connectivity index (χ1) is 8.55. The summed E-state index contributed by atoms with van der Waals surface area (Å²) in [5, 5.41) is 14.5. The first-order valence-electron chi connectivity index (χ1n) is 5.23. The van der Waals surface area contributed by atoms with Gasteiger partial charge in [-0.3, -0.25) is 4.68 Å². The zero-order valence-corrected chi connectivity index (χ0v) is 10.9. The summed E-state index contributed by atoms with van der Waals surface area (Å²) in [6, 6.07) is 4.98. The summed E-state index contributed by atoms with van der Waals surface area (Å²) in [5.41, 5.74) is 5.78. The van der Waals surface area contributed by atoms with E-state index in [1.165, 1.54) is 12.7 Å². The van der Waals surface area contributed by atoms with Gasteiger partial charge in [-0.15, -0.1) is 0 Å². The molecule has 0 fully saturated rings. The molecule has 1 unspecified atom stereocenters. The zero-order valence-electron chi connectivity index (χ0n) is 9.42. The number of nitrogens with two attached hydrogens (primary N) is 1. The monoisotopic (exact) mass is 286 g/mol. The van der Waals surface area contributed by atoms with Crippen LogP contribution in [0, 0.1) is 0 Å². The molecule has 7 heteroatoms. The summed E-state index contributed by atoms with van der Waals surface area (Å²) >= 11 is 11.9. The van der Waals surface area contributed by atoms with Crippen LogP contribution in [-0.4, -0.2) is 26.5 Å². The van der Waals surface area contributed by atoms with E-state index in [2.05, 4.69) is 10.1 Å². The number of aromatic nitrogens is 3. The van der Waals surface area contributed by atoms with Gasteiger partial charge in [-0.2, -0.15) is 5.10 Å². The van der Waals surface area contributed by atoms with Crippen molar-refractivity contribution >= 4 is 23.2 Å². The molecule has 0 aliphatic rings. The van der Waals surface area contributed by atoms with E-state index >= 15 is 0 Å². The molecular formula is C11H12Cl2N4O. The van der Waals surface area contributed by atoms with Crippen molar-refractivity contribution < 1.29 is 5.11 Å². The van der Waals surface area contributed by atoms with Gasteiger partial charge in [-0.25, -0.2) is 4.98 Å². The van der Waals surface area contributed by atoms with Crippen molar-refractivity contribution in [2.75, 3.05) is 6.61 Å². The van der Waals surface area contributed by atoms with Crippen LogP contribution in [0.5, 0.6) is 0 Å². The maximum atomic E-state index is 9.55. The van der Waals surface area contributed by atoms with Gasteiger partial charge in [0.15, 0.2) is 0 Å². The van der Waals surface area contributed by atoms with Gasteiger partial charge in [0.2, 0.25) is 0 Å². The molecule has 0 aliphatic carbocycles. The van der Waals surface area contributed by atoms with Crippen LogP contribution in [0.4, 0.5) is 0 Å². The summed E-state index contributed by atoms with van der Waals surface area (Å²) in [4.78, 5) is 3.83. The number of hydrogen-bond donors (Lipinski definition) is 2. The summed E-state index contributed by atoms with van der Waals surface area (Å²) in [5.74, 6) is 0. The lowest BCUT2D eigenvalue weighted by molar-refractivity contribution is 0.174. The number of halogens is 2. The van der Waals surface area contributed by atoms with Gasteiger partial charge < -0.3 is 10.8 Å². The van der Waals surface area contributed by atoms with Crippen LogP contribution in [-0.2, 0) is 12.1 Å². The number of aliphatic hydroxyl groups is 1. The third-order valence-corrected chi connectivity index (χ3v) is 3.21. The highest BCUT2D eigenvalue weighted by Gasteiger charge is 2.30. The Morgan fingerprint density at radius 3 is 2.72 bits per heavy atom. The Labute approximate surface area is 114 Å². The van der Waals surface area contributed by atoms with E-state index < -0.39 is 5.54 Å². The van der Waals surface area contributed by atoms with Crippen LogP contribution >= 0.6 is 23.2 Å².